The number of carbonyl (C=O) groups is 2. The van der Waals surface area contributed by atoms with Crippen LogP contribution in [0.15, 0.2) is 40.7 Å². The smallest absolute Gasteiger partial charge is 0.275 e. The predicted octanol–water partition coefficient (Wildman–Crippen LogP) is 1.76. The van der Waals surface area contributed by atoms with E-state index >= 15 is 0 Å². The molecule has 1 aliphatic rings. The second-order valence-electron chi connectivity index (χ2n) is 6.64. The van der Waals surface area contributed by atoms with Gasteiger partial charge in [-0.15, -0.1) is 0 Å². The molecule has 7 nitrogen and oxygen atoms in total. The van der Waals surface area contributed by atoms with Crippen molar-refractivity contribution in [3.05, 3.63) is 52.0 Å². The minimum Gasteiger partial charge on any atom is -0.354 e. The lowest BCUT2D eigenvalue weighted by molar-refractivity contribution is -0.121. The molecule has 0 fully saturated rings. The summed E-state index contributed by atoms with van der Waals surface area (Å²) in [7, 11) is 1.50. The van der Waals surface area contributed by atoms with E-state index in [4.69, 9.17) is 0 Å². The molecule has 142 valence electrons. The predicted molar refractivity (Wildman–Crippen MR) is 104 cm³/mol. The van der Waals surface area contributed by atoms with Crippen molar-refractivity contribution >= 4 is 22.6 Å². The van der Waals surface area contributed by atoms with Gasteiger partial charge in [0, 0.05) is 19.0 Å². The van der Waals surface area contributed by atoms with Crippen molar-refractivity contribution in [2.24, 2.45) is 0 Å². The fraction of sp³-hybridized carbons (Fsp3) is 0.400. The highest BCUT2D eigenvalue weighted by molar-refractivity contribution is 6.04. The van der Waals surface area contributed by atoms with E-state index in [-0.39, 0.29) is 23.7 Å². The normalized spacial score (nSPS) is 13.9. The minimum absolute atomic E-state index is 0.132. The van der Waals surface area contributed by atoms with Gasteiger partial charge in [0.2, 0.25) is 5.91 Å². The first-order chi connectivity index (χ1) is 13.1. The molecule has 27 heavy (non-hydrogen) atoms. The first kappa shape index (κ1) is 18.8. The zero-order valence-electron chi connectivity index (χ0n) is 15.5. The molecule has 7 heteroatoms. The molecule has 3 rings (SSSR count). The van der Waals surface area contributed by atoms with E-state index < -0.39 is 5.91 Å². The van der Waals surface area contributed by atoms with Gasteiger partial charge >= 0.3 is 0 Å². The summed E-state index contributed by atoms with van der Waals surface area (Å²) in [6, 6.07) is 6.78. The van der Waals surface area contributed by atoms with Crippen LogP contribution in [0.2, 0.25) is 0 Å². The fourth-order valence-electron chi connectivity index (χ4n) is 3.31. The molecule has 0 saturated heterocycles. The highest BCUT2D eigenvalue weighted by Crippen LogP contribution is 2.19. The number of nitrogens with one attached hydrogen (secondary N) is 2. The van der Waals surface area contributed by atoms with Crippen molar-refractivity contribution in [3.8, 4) is 0 Å². The van der Waals surface area contributed by atoms with Gasteiger partial charge in [-0.05, 0) is 38.2 Å². The zero-order valence-corrected chi connectivity index (χ0v) is 15.5. The summed E-state index contributed by atoms with van der Waals surface area (Å²) < 4.78 is 1.06. The molecule has 1 heterocycles. The number of rotatable bonds is 6. The largest absolute Gasteiger partial charge is 0.354 e. The summed E-state index contributed by atoms with van der Waals surface area (Å²) in [5, 5.41) is 10.3. The van der Waals surface area contributed by atoms with Gasteiger partial charge in [-0.25, -0.2) is 4.68 Å². The topological polar surface area (TPSA) is 93.1 Å². The maximum absolute atomic E-state index is 12.6. The van der Waals surface area contributed by atoms with Crippen LogP contribution in [0.3, 0.4) is 0 Å². The third kappa shape index (κ3) is 4.42. The third-order valence-electron chi connectivity index (χ3n) is 4.76. The minimum atomic E-state index is -0.399. The molecular weight excluding hydrogens is 344 g/mol. The third-order valence-corrected chi connectivity index (χ3v) is 4.76. The summed E-state index contributed by atoms with van der Waals surface area (Å²) in [6.45, 7) is 0.321. The number of amides is 2. The van der Waals surface area contributed by atoms with Crippen LogP contribution in [-0.4, -0.2) is 35.2 Å². The number of carbonyl (C=O) groups excluding carboxylic acids is 2. The molecule has 1 aromatic heterocycles. The highest BCUT2D eigenvalue weighted by Gasteiger charge is 2.17. The molecule has 0 saturated carbocycles. The Bertz CT molecular complexity index is 946. The van der Waals surface area contributed by atoms with Gasteiger partial charge in [-0.3, -0.25) is 14.4 Å². The molecule has 2 amide bonds. The molecule has 0 unspecified atom stereocenters. The van der Waals surface area contributed by atoms with Crippen LogP contribution in [0, 0.1) is 0 Å². The number of hydrogen-bond acceptors (Lipinski definition) is 4. The maximum atomic E-state index is 12.6. The molecule has 0 bridgehead atoms. The second-order valence-corrected chi connectivity index (χ2v) is 6.64. The number of allylic oxidation sites excluding steroid dienone is 1. The quantitative estimate of drug-likeness (QED) is 0.760. The molecule has 0 spiro atoms. The monoisotopic (exact) mass is 368 g/mol. The van der Waals surface area contributed by atoms with Gasteiger partial charge in [0.15, 0.2) is 5.69 Å². The van der Waals surface area contributed by atoms with E-state index in [2.05, 4.69) is 21.8 Å². The van der Waals surface area contributed by atoms with E-state index in [1.54, 1.807) is 24.3 Å². The van der Waals surface area contributed by atoms with Crippen molar-refractivity contribution in [1.29, 1.82) is 0 Å². The van der Waals surface area contributed by atoms with E-state index in [1.165, 1.54) is 25.5 Å². The molecule has 2 aromatic rings. The average molecular weight is 368 g/mol. The number of nitrogens with zero attached hydrogens (tertiary/aromatic N) is 2. The number of hydrogen-bond donors (Lipinski definition) is 2. The van der Waals surface area contributed by atoms with Crippen molar-refractivity contribution in [1.82, 2.24) is 20.4 Å². The Morgan fingerprint density at radius 3 is 2.67 bits per heavy atom. The van der Waals surface area contributed by atoms with Crippen LogP contribution in [0.5, 0.6) is 0 Å². The lowest BCUT2D eigenvalue weighted by Crippen LogP contribution is -2.36. The van der Waals surface area contributed by atoms with E-state index in [0.29, 0.717) is 17.3 Å². The van der Waals surface area contributed by atoms with Crippen LogP contribution in [0.25, 0.3) is 10.8 Å². The Labute approximate surface area is 157 Å². The first-order valence-electron chi connectivity index (χ1n) is 9.26. The maximum Gasteiger partial charge on any atom is 0.275 e. The van der Waals surface area contributed by atoms with Gasteiger partial charge in [0.25, 0.3) is 11.5 Å². The van der Waals surface area contributed by atoms with Gasteiger partial charge in [-0.2, -0.15) is 5.10 Å². The van der Waals surface area contributed by atoms with Crippen molar-refractivity contribution in [2.45, 2.75) is 38.6 Å². The van der Waals surface area contributed by atoms with Crippen molar-refractivity contribution < 1.29 is 9.59 Å². The molecule has 0 radical (unpaired) electrons. The zero-order chi connectivity index (χ0) is 19.2. The van der Waals surface area contributed by atoms with Crippen LogP contribution in [0.1, 0.15) is 42.6 Å². The molecule has 0 aliphatic heterocycles. The Balaban J connectivity index is 1.74. The van der Waals surface area contributed by atoms with Crippen LogP contribution < -0.4 is 16.2 Å². The summed E-state index contributed by atoms with van der Waals surface area (Å²) in [5.74, 6) is -0.691. The van der Waals surface area contributed by atoms with Gasteiger partial charge in [-0.1, -0.05) is 29.8 Å². The Hall–Kier alpha value is -2.96. The van der Waals surface area contributed by atoms with Crippen LogP contribution in [0.4, 0.5) is 0 Å². The number of aromatic nitrogens is 2. The molecule has 0 atom stereocenters. The van der Waals surface area contributed by atoms with Crippen molar-refractivity contribution in [3.63, 3.8) is 0 Å². The highest BCUT2D eigenvalue weighted by atomic mass is 16.2. The summed E-state index contributed by atoms with van der Waals surface area (Å²) >= 11 is 0. The first-order valence-corrected chi connectivity index (χ1v) is 9.26. The second kappa shape index (κ2) is 8.62. The Morgan fingerprint density at radius 2 is 1.96 bits per heavy atom. The number of fused-ring (bicyclic) bond motifs is 1. The lowest BCUT2D eigenvalue weighted by atomic mass is 9.97. The Morgan fingerprint density at radius 1 is 1.19 bits per heavy atom. The molecule has 1 aromatic carbocycles. The fourth-order valence-corrected chi connectivity index (χ4v) is 3.31. The summed E-state index contributed by atoms with van der Waals surface area (Å²) in [4.78, 5) is 37.0. The average Bonchev–Trinajstić information content (AvgIpc) is 2.70. The molecule has 2 N–H and O–H groups in total. The van der Waals surface area contributed by atoms with E-state index in [1.807, 2.05) is 0 Å². The Kier molecular flexibility index (Phi) is 6.01. The molecular formula is C20H24N4O3. The summed E-state index contributed by atoms with van der Waals surface area (Å²) in [6.07, 6.45) is 7.73. The van der Waals surface area contributed by atoms with E-state index in [0.717, 1.165) is 23.9 Å². The van der Waals surface area contributed by atoms with Crippen LogP contribution >= 0.6 is 0 Å². The summed E-state index contributed by atoms with van der Waals surface area (Å²) in [5.41, 5.74) is 1.13. The van der Waals surface area contributed by atoms with E-state index in [9.17, 15) is 14.4 Å². The van der Waals surface area contributed by atoms with Gasteiger partial charge in [0.1, 0.15) is 6.54 Å². The SMILES string of the molecule is CNC(=O)c1nn(CC(=O)NCCC2=CCCCC2)c(=O)c2ccccc12. The van der Waals surface area contributed by atoms with Gasteiger partial charge < -0.3 is 10.6 Å². The van der Waals surface area contributed by atoms with Crippen molar-refractivity contribution in [2.75, 3.05) is 13.6 Å². The lowest BCUT2D eigenvalue weighted by Gasteiger charge is -2.13. The van der Waals surface area contributed by atoms with Crippen LogP contribution in [-0.2, 0) is 11.3 Å². The van der Waals surface area contributed by atoms with Gasteiger partial charge in [0.05, 0.1) is 5.39 Å². The number of benzene rings is 1. The molecule has 1 aliphatic carbocycles. The standard InChI is InChI=1S/C20H24N4O3/c1-21-19(26)18-15-9-5-6-10-16(15)20(27)24(23-18)13-17(25)22-12-11-14-7-3-2-4-8-14/h5-7,9-10H,2-4,8,11-13H2,1H3,(H,21,26)(H,22,25).